The molecule has 0 N–H and O–H groups in total. The summed E-state index contributed by atoms with van der Waals surface area (Å²) in [4.78, 5) is 0. The molecule has 78 valence electrons. The first-order valence-electron chi connectivity index (χ1n) is 4.12. The number of alkyl halides is 3. The molecule has 0 saturated carbocycles. The van der Waals surface area contributed by atoms with Crippen LogP contribution < -0.4 is 0 Å². The molecule has 0 aliphatic rings. The minimum absolute atomic E-state index is 0.245. The lowest BCUT2D eigenvalue weighted by atomic mass is 10.0. The van der Waals surface area contributed by atoms with Gasteiger partial charge in [-0.05, 0) is 30.5 Å². The van der Waals surface area contributed by atoms with Gasteiger partial charge in [0.25, 0.3) is 0 Å². The van der Waals surface area contributed by atoms with Crippen molar-refractivity contribution < 1.29 is 17.6 Å². The van der Waals surface area contributed by atoms with Crippen LogP contribution >= 0.6 is 0 Å². The van der Waals surface area contributed by atoms with E-state index in [1.54, 1.807) is 0 Å². The zero-order chi connectivity index (χ0) is 10.9. The maximum Gasteiger partial charge on any atom is 0.393 e. The molecule has 0 saturated heterocycles. The number of hydrogen-bond acceptors (Lipinski definition) is 0. The maximum atomic E-state index is 13.3. The summed E-state index contributed by atoms with van der Waals surface area (Å²) >= 11 is 0. The van der Waals surface area contributed by atoms with E-state index in [2.05, 4.69) is 0 Å². The monoisotopic (exact) mass is 206 g/mol. The molecule has 1 aromatic rings. The van der Waals surface area contributed by atoms with Crippen LogP contribution in [-0.2, 0) is 6.42 Å². The Morgan fingerprint density at radius 3 is 2.07 bits per heavy atom. The third kappa shape index (κ3) is 2.47. The summed E-state index contributed by atoms with van der Waals surface area (Å²) in [5, 5.41) is 0. The van der Waals surface area contributed by atoms with Crippen LogP contribution in [0.25, 0.3) is 0 Å². The fraction of sp³-hybridized carbons (Fsp3) is 0.400. The molecule has 0 aromatic heterocycles. The summed E-state index contributed by atoms with van der Waals surface area (Å²) < 4.78 is 49.5. The van der Waals surface area contributed by atoms with E-state index in [-0.39, 0.29) is 11.1 Å². The van der Waals surface area contributed by atoms with E-state index < -0.39 is 18.4 Å². The van der Waals surface area contributed by atoms with Crippen molar-refractivity contribution in [3.63, 3.8) is 0 Å². The second-order valence-corrected chi connectivity index (χ2v) is 3.28. The average Bonchev–Trinajstić information content (AvgIpc) is 2.04. The molecule has 0 unspecified atom stereocenters. The lowest BCUT2D eigenvalue weighted by Crippen LogP contribution is -2.14. The zero-order valence-electron chi connectivity index (χ0n) is 7.87. The molecular formula is C10H10F4. The van der Waals surface area contributed by atoms with Gasteiger partial charge >= 0.3 is 6.18 Å². The topological polar surface area (TPSA) is 0 Å². The van der Waals surface area contributed by atoms with Crippen LogP contribution in [0.15, 0.2) is 12.1 Å². The largest absolute Gasteiger partial charge is 0.393 e. The number of aryl methyl sites for hydroxylation is 2. The van der Waals surface area contributed by atoms with Crippen LogP contribution in [0.3, 0.4) is 0 Å². The van der Waals surface area contributed by atoms with Crippen molar-refractivity contribution in [3.05, 3.63) is 34.6 Å². The van der Waals surface area contributed by atoms with Gasteiger partial charge in [-0.25, -0.2) is 4.39 Å². The quantitative estimate of drug-likeness (QED) is 0.616. The lowest BCUT2D eigenvalue weighted by Gasteiger charge is -2.11. The summed E-state index contributed by atoms with van der Waals surface area (Å²) in [6, 6.07) is 2.98. The molecule has 0 fully saturated rings. The predicted octanol–water partition coefficient (Wildman–Crippen LogP) is 3.55. The molecule has 0 heterocycles. The Labute approximate surface area is 79.6 Å². The molecule has 0 spiro atoms. The molecule has 1 rings (SSSR count). The van der Waals surface area contributed by atoms with Gasteiger partial charge in [0, 0.05) is 0 Å². The van der Waals surface area contributed by atoms with Crippen molar-refractivity contribution in [1.29, 1.82) is 0 Å². The van der Waals surface area contributed by atoms with E-state index in [1.807, 2.05) is 0 Å². The highest BCUT2D eigenvalue weighted by Gasteiger charge is 2.30. The number of hydrogen-bond donors (Lipinski definition) is 0. The van der Waals surface area contributed by atoms with Crippen molar-refractivity contribution in [2.24, 2.45) is 0 Å². The minimum Gasteiger partial charge on any atom is -0.206 e. The zero-order valence-corrected chi connectivity index (χ0v) is 7.87. The van der Waals surface area contributed by atoms with Gasteiger partial charge in [-0.15, -0.1) is 0 Å². The van der Waals surface area contributed by atoms with Crippen molar-refractivity contribution in [3.8, 4) is 0 Å². The van der Waals surface area contributed by atoms with Gasteiger partial charge in [0.2, 0.25) is 0 Å². The highest BCUT2D eigenvalue weighted by molar-refractivity contribution is 5.33. The van der Waals surface area contributed by atoms with Crippen LogP contribution in [0.5, 0.6) is 0 Å². The molecule has 0 aliphatic carbocycles. The van der Waals surface area contributed by atoms with E-state index in [1.165, 1.54) is 26.0 Å². The van der Waals surface area contributed by atoms with E-state index in [9.17, 15) is 17.6 Å². The first kappa shape index (κ1) is 11.0. The summed E-state index contributed by atoms with van der Waals surface area (Å²) in [5.41, 5.74) is 0.331. The van der Waals surface area contributed by atoms with Crippen LogP contribution in [0.1, 0.15) is 16.7 Å². The first-order valence-corrected chi connectivity index (χ1v) is 4.12. The Morgan fingerprint density at radius 1 is 1.07 bits per heavy atom. The third-order valence-electron chi connectivity index (χ3n) is 2.05. The normalized spacial score (nSPS) is 11.9. The molecule has 0 radical (unpaired) electrons. The fourth-order valence-electron chi connectivity index (χ4n) is 1.25. The number of benzene rings is 1. The van der Waals surface area contributed by atoms with Gasteiger partial charge < -0.3 is 0 Å². The van der Waals surface area contributed by atoms with E-state index in [4.69, 9.17) is 0 Å². The molecule has 14 heavy (non-hydrogen) atoms. The summed E-state index contributed by atoms with van der Waals surface area (Å²) in [6.45, 7) is 2.93. The molecule has 0 bridgehead atoms. The summed E-state index contributed by atoms with van der Waals surface area (Å²) in [7, 11) is 0. The highest BCUT2D eigenvalue weighted by atomic mass is 19.4. The molecule has 0 nitrogen and oxygen atoms in total. The number of rotatable bonds is 1. The Balaban J connectivity index is 3.13. The standard InChI is InChI=1S/C10H10F4/c1-6-3-4-7(2)9(11)8(6)5-10(12,13)14/h3-4H,5H2,1-2H3. The van der Waals surface area contributed by atoms with E-state index in [0.29, 0.717) is 5.56 Å². The fourth-order valence-corrected chi connectivity index (χ4v) is 1.25. The van der Waals surface area contributed by atoms with Crippen molar-refractivity contribution in [1.82, 2.24) is 0 Å². The Bertz CT molecular complexity index is 339. The molecule has 1 aromatic carbocycles. The van der Waals surface area contributed by atoms with Crippen LogP contribution in [0.2, 0.25) is 0 Å². The van der Waals surface area contributed by atoms with Gasteiger partial charge in [-0.3, -0.25) is 0 Å². The van der Waals surface area contributed by atoms with Crippen molar-refractivity contribution in [2.45, 2.75) is 26.4 Å². The Kier molecular flexibility index (Phi) is 2.83. The number of halogens is 4. The third-order valence-corrected chi connectivity index (χ3v) is 2.05. The molecule has 0 aliphatic heterocycles. The molecule has 0 atom stereocenters. The Morgan fingerprint density at radius 2 is 1.57 bits per heavy atom. The second kappa shape index (κ2) is 3.59. The minimum atomic E-state index is -4.36. The van der Waals surface area contributed by atoms with Gasteiger partial charge in [0.05, 0.1) is 6.42 Å². The van der Waals surface area contributed by atoms with E-state index >= 15 is 0 Å². The van der Waals surface area contributed by atoms with Crippen LogP contribution in [0.4, 0.5) is 17.6 Å². The second-order valence-electron chi connectivity index (χ2n) is 3.28. The lowest BCUT2D eigenvalue weighted by molar-refractivity contribution is -0.127. The van der Waals surface area contributed by atoms with Crippen LogP contribution in [0, 0.1) is 19.7 Å². The predicted molar refractivity (Wildman–Crippen MR) is 45.6 cm³/mol. The highest BCUT2D eigenvalue weighted by Crippen LogP contribution is 2.26. The van der Waals surface area contributed by atoms with Gasteiger partial charge in [0.15, 0.2) is 0 Å². The van der Waals surface area contributed by atoms with Gasteiger partial charge in [-0.2, -0.15) is 13.2 Å². The van der Waals surface area contributed by atoms with Crippen LogP contribution in [-0.4, -0.2) is 6.18 Å². The van der Waals surface area contributed by atoms with Gasteiger partial charge in [0.1, 0.15) is 5.82 Å². The molecule has 4 heteroatoms. The van der Waals surface area contributed by atoms with Gasteiger partial charge in [-0.1, -0.05) is 12.1 Å². The van der Waals surface area contributed by atoms with Crippen molar-refractivity contribution in [2.75, 3.05) is 0 Å². The Hall–Kier alpha value is -1.06. The first-order chi connectivity index (χ1) is 6.31. The summed E-state index contributed by atoms with van der Waals surface area (Å²) in [6.07, 6.45) is -5.56. The summed E-state index contributed by atoms with van der Waals surface area (Å²) in [5.74, 6) is -0.748. The van der Waals surface area contributed by atoms with E-state index in [0.717, 1.165) is 0 Å². The molecular weight excluding hydrogens is 196 g/mol. The molecule has 0 amide bonds. The smallest absolute Gasteiger partial charge is 0.206 e. The van der Waals surface area contributed by atoms with Crippen molar-refractivity contribution >= 4 is 0 Å². The SMILES string of the molecule is Cc1ccc(C)c(CC(F)(F)F)c1F. The maximum absolute atomic E-state index is 13.3. The average molecular weight is 206 g/mol.